The van der Waals surface area contributed by atoms with Gasteiger partial charge in [-0.2, -0.15) is 0 Å². The van der Waals surface area contributed by atoms with Crippen LogP contribution in [0.5, 0.6) is 5.75 Å². The van der Waals surface area contributed by atoms with Gasteiger partial charge in [-0.25, -0.2) is 4.98 Å². The van der Waals surface area contributed by atoms with Gasteiger partial charge in [0.05, 0.1) is 45.9 Å². The molecule has 7 heteroatoms. The molecule has 0 fully saturated rings. The summed E-state index contributed by atoms with van der Waals surface area (Å²) in [4.78, 5) is 11.7. The van der Waals surface area contributed by atoms with Crippen LogP contribution >= 0.6 is 0 Å². The Balaban J connectivity index is 1.68. The van der Waals surface area contributed by atoms with Gasteiger partial charge in [0.15, 0.2) is 5.16 Å². The Bertz CT molecular complexity index is 1280. The second-order valence-corrected chi connectivity index (χ2v) is 6.99. The highest BCUT2D eigenvalue weighted by Gasteiger charge is 2.15. The van der Waals surface area contributed by atoms with Gasteiger partial charge in [0.2, 0.25) is 0 Å². The van der Waals surface area contributed by atoms with E-state index in [2.05, 4.69) is 15.0 Å². The first kappa shape index (κ1) is 12.4. The molecule has 1 N–H and O–H groups in total. The SMILES string of the molecule is [2H]c1c([2H])c([2H])n(-c2ccc3nc(S(=O)Cc4nccc(OC)c4C)[nH]c3c2)c1[2H]. The fraction of sp³-hybridized carbons (Fsp3) is 0.158. The Labute approximate surface area is 158 Å². The van der Waals surface area contributed by atoms with Crippen molar-refractivity contribution in [3.8, 4) is 11.4 Å². The molecule has 132 valence electrons. The molecule has 0 saturated heterocycles. The maximum Gasteiger partial charge on any atom is 0.197 e. The van der Waals surface area contributed by atoms with Gasteiger partial charge in [-0.15, -0.1) is 0 Å². The number of aromatic amines is 1. The number of nitrogens with one attached hydrogen (secondary N) is 1. The summed E-state index contributed by atoms with van der Waals surface area (Å²) in [5, 5.41) is 0.290. The van der Waals surface area contributed by atoms with Gasteiger partial charge in [0.1, 0.15) is 5.75 Å². The zero-order valence-electron chi connectivity index (χ0n) is 18.2. The summed E-state index contributed by atoms with van der Waals surface area (Å²) in [6.45, 7) is 1.86. The maximum absolute atomic E-state index is 12.9. The predicted molar refractivity (Wildman–Crippen MR) is 101 cm³/mol. The second kappa shape index (κ2) is 6.76. The standard InChI is InChI=1S/C19H18N4O2S/c1-13-17(20-8-7-18(13)25-2)12-26(24)19-21-15-6-5-14(11-16(15)22-19)23-9-3-4-10-23/h3-11H,12H2,1-2H3,(H,21,22)/i3D,4D,9D,10D. The van der Waals surface area contributed by atoms with Gasteiger partial charge in [-0.05, 0) is 43.3 Å². The van der Waals surface area contributed by atoms with Crippen LogP contribution in [0.2, 0.25) is 0 Å². The minimum atomic E-state index is -1.47. The van der Waals surface area contributed by atoms with E-state index < -0.39 is 10.8 Å². The van der Waals surface area contributed by atoms with E-state index in [4.69, 9.17) is 10.2 Å². The summed E-state index contributed by atoms with van der Waals surface area (Å²) in [5.41, 5.74) is 3.10. The molecular weight excluding hydrogens is 348 g/mol. The number of ether oxygens (including phenoxy) is 1. The lowest BCUT2D eigenvalue weighted by Gasteiger charge is -2.08. The molecule has 0 amide bonds. The Morgan fingerprint density at radius 3 is 2.88 bits per heavy atom. The average Bonchev–Trinajstić information content (AvgIpc) is 3.24. The van der Waals surface area contributed by atoms with Gasteiger partial charge < -0.3 is 14.3 Å². The molecule has 4 rings (SSSR count). The van der Waals surface area contributed by atoms with Crippen LogP contribution in [-0.4, -0.2) is 30.8 Å². The first-order valence-electron chi connectivity index (χ1n) is 9.84. The molecule has 1 aromatic carbocycles. The van der Waals surface area contributed by atoms with Crippen molar-refractivity contribution >= 4 is 21.8 Å². The van der Waals surface area contributed by atoms with Crippen molar-refractivity contribution in [1.82, 2.24) is 19.5 Å². The van der Waals surface area contributed by atoms with Gasteiger partial charge in [-0.1, -0.05) is 0 Å². The molecule has 3 aromatic heterocycles. The number of rotatable bonds is 5. The third-order valence-electron chi connectivity index (χ3n) is 4.06. The molecule has 0 radical (unpaired) electrons. The van der Waals surface area contributed by atoms with Crippen LogP contribution in [0.4, 0.5) is 0 Å². The van der Waals surface area contributed by atoms with E-state index in [0.29, 0.717) is 33.3 Å². The molecule has 0 saturated carbocycles. The maximum atomic E-state index is 12.9. The van der Waals surface area contributed by atoms with Crippen molar-refractivity contribution < 1.29 is 14.4 Å². The van der Waals surface area contributed by atoms with Crippen molar-refractivity contribution in [3.05, 3.63) is 66.2 Å². The molecule has 3 heterocycles. The van der Waals surface area contributed by atoms with Crippen LogP contribution in [0.3, 0.4) is 0 Å². The van der Waals surface area contributed by atoms with E-state index in [1.54, 1.807) is 37.6 Å². The molecule has 1 unspecified atom stereocenters. The topological polar surface area (TPSA) is 72.8 Å². The highest BCUT2D eigenvalue weighted by atomic mass is 32.2. The van der Waals surface area contributed by atoms with Gasteiger partial charge in [-0.3, -0.25) is 9.19 Å². The Morgan fingerprint density at radius 1 is 1.31 bits per heavy atom. The summed E-state index contributed by atoms with van der Waals surface area (Å²) < 4.78 is 50.8. The van der Waals surface area contributed by atoms with Crippen LogP contribution in [-0.2, 0) is 16.6 Å². The first-order chi connectivity index (χ1) is 14.3. The number of benzene rings is 1. The Hall–Kier alpha value is -2.93. The van der Waals surface area contributed by atoms with Crippen molar-refractivity contribution in [1.29, 1.82) is 0 Å². The third kappa shape index (κ3) is 3.01. The van der Waals surface area contributed by atoms with E-state index in [1.807, 2.05) is 6.92 Å². The average molecular weight is 370 g/mol. The van der Waals surface area contributed by atoms with Crippen LogP contribution in [0, 0.1) is 6.92 Å². The second-order valence-electron chi connectivity index (χ2n) is 5.63. The highest BCUT2D eigenvalue weighted by molar-refractivity contribution is 7.84. The molecule has 4 aromatic rings. The lowest BCUT2D eigenvalue weighted by molar-refractivity contribution is 0.410. The minimum Gasteiger partial charge on any atom is -0.496 e. The lowest BCUT2D eigenvalue weighted by atomic mass is 10.2. The fourth-order valence-corrected chi connectivity index (χ4v) is 3.76. The van der Waals surface area contributed by atoms with Crippen LogP contribution < -0.4 is 4.74 Å². The van der Waals surface area contributed by atoms with E-state index >= 15 is 0 Å². The predicted octanol–water partition coefficient (Wildman–Crippen LogP) is 3.37. The van der Waals surface area contributed by atoms with Crippen LogP contribution in [0.1, 0.15) is 16.7 Å². The van der Waals surface area contributed by atoms with E-state index in [1.165, 1.54) is 4.57 Å². The molecule has 0 aliphatic rings. The number of pyridine rings is 1. The van der Waals surface area contributed by atoms with Gasteiger partial charge >= 0.3 is 0 Å². The van der Waals surface area contributed by atoms with Gasteiger partial charge in [0, 0.05) is 29.8 Å². The highest BCUT2D eigenvalue weighted by Crippen LogP contribution is 2.22. The van der Waals surface area contributed by atoms with E-state index in [-0.39, 0.29) is 30.2 Å². The summed E-state index contributed by atoms with van der Waals surface area (Å²) in [6, 6.07) is 6.15. The molecule has 1 atom stereocenters. The van der Waals surface area contributed by atoms with E-state index in [9.17, 15) is 4.21 Å². The molecule has 26 heavy (non-hydrogen) atoms. The number of fused-ring (bicyclic) bond motifs is 1. The number of methoxy groups -OCH3 is 1. The van der Waals surface area contributed by atoms with Gasteiger partial charge in [0.25, 0.3) is 0 Å². The molecule has 0 bridgehead atoms. The fourth-order valence-electron chi connectivity index (χ4n) is 2.66. The third-order valence-corrected chi connectivity index (χ3v) is 5.22. The van der Waals surface area contributed by atoms with Crippen molar-refractivity contribution in [3.63, 3.8) is 0 Å². The molecule has 0 aliphatic carbocycles. The summed E-state index contributed by atoms with van der Waals surface area (Å²) in [7, 11) is 0.0994. The first-order valence-corrected chi connectivity index (χ1v) is 9.15. The lowest BCUT2D eigenvalue weighted by Crippen LogP contribution is -2.03. The smallest absolute Gasteiger partial charge is 0.197 e. The number of H-pyrrole nitrogens is 1. The Morgan fingerprint density at radius 2 is 2.12 bits per heavy atom. The number of hydrogen-bond donors (Lipinski definition) is 1. The number of nitrogens with zero attached hydrogens (tertiary/aromatic N) is 3. The molecule has 0 aliphatic heterocycles. The Kier molecular flexibility index (Phi) is 3.23. The molecular formula is C19H18N4O2S. The van der Waals surface area contributed by atoms with E-state index in [0.717, 1.165) is 5.56 Å². The normalized spacial score (nSPS) is 14.5. The monoisotopic (exact) mass is 370 g/mol. The summed E-state index contributed by atoms with van der Waals surface area (Å²) in [6.07, 6.45) is 1.15. The number of hydrogen-bond acceptors (Lipinski definition) is 4. The van der Waals surface area contributed by atoms with Crippen LogP contribution in [0.25, 0.3) is 16.7 Å². The number of aromatic nitrogens is 4. The van der Waals surface area contributed by atoms with Crippen molar-refractivity contribution in [2.75, 3.05) is 7.11 Å². The van der Waals surface area contributed by atoms with Crippen molar-refractivity contribution in [2.24, 2.45) is 0 Å². The zero-order chi connectivity index (χ0) is 21.6. The quantitative estimate of drug-likeness (QED) is 0.585. The van der Waals surface area contributed by atoms with Crippen molar-refractivity contribution in [2.45, 2.75) is 17.8 Å². The minimum absolute atomic E-state index is 0.172. The largest absolute Gasteiger partial charge is 0.496 e. The van der Waals surface area contributed by atoms with Crippen LogP contribution in [0.15, 0.2) is 60.0 Å². The summed E-state index contributed by atoms with van der Waals surface area (Å²) >= 11 is 0. The number of imidazole rings is 1. The summed E-state index contributed by atoms with van der Waals surface area (Å²) in [5.74, 6) is 0.851. The zero-order valence-corrected chi connectivity index (χ0v) is 15.0. The molecule has 6 nitrogen and oxygen atoms in total. The molecule has 0 spiro atoms.